The highest BCUT2D eigenvalue weighted by Crippen LogP contribution is 2.30. The maximum atomic E-state index is 12.6. The van der Waals surface area contributed by atoms with Crippen LogP contribution in [0.4, 0.5) is 13.2 Å². The van der Waals surface area contributed by atoms with Gasteiger partial charge in [0.25, 0.3) is 0 Å². The van der Waals surface area contributed by atoms with Gasteiger partial charge in [0, 0.05) is 16.7 Å². The van der Waals surface area contributed by atoms with E-state index in [0.717, 1.165) is 18.1 Å². The maximum Gasteiger partial charge on any atom is 0.433 e. The predicted molar refractivity (Wildman–Crippen MR) is 66.8 cm³/mol. The number of rotatable bonds is 1. The summed E-state index contributed by atoms with van der Waals surface area (Å²) in [4.78, 5) is 11.5. The van der Waals surface area contributed by atoms with Gasteiger partial charge in [0.1, 0.15) is 12.0 Å². The number of halogens is 3. The zero-order chi connectivity index (χ0) is 14.3. The summed E-state index contributed by atoms with van der Waals surface area (Å²) in [6.45, 7) is 6.38. The van der Waals surface area contributed by atoms with Crippen LogP contribution in [-0.2, 0) is 6.18 Å². The second-order valence-electron chi connectivity index (χ2n) is 5.41. The van der Waals surface area contributed by atoms with Crippen LogP contribution < -0.4 is 0 Å². The lowest BCUT2D eigenvalue weighted by atomic mass is 9.89. The summed E-state index contributed by atoms with van der Waals surface area (Å²) in [6, 6.07) is 0.965. The van der Waals surface area contributed by atoms with Crippen LogP contribution >= 0.6 is 0 Å². The fourth-order valence-electron chi connectivity index (χ4n) is 1.72. The predicted octanol–water partition coefficient (Wildman–Crippen LogP) is 3.38. The van der Waals surface area contributed by atoms with Crippen LogP contribution in [0.5, 0.6) is 0 Å². The zero-order valence-electron chi connectivity index (χ0n) is 10.9. The van der Waals surface area contributed by atoms with E-state index in [1.807, 2.05) is 26.8 Å². The van der Waals surface area contributed by atoms with Crippen molar-refractivity contribution in [3.63, 3.8) is 0 Å². The Kier molecular flexibility index (Phi) is 3.20. The number of hydrogen-bond donors (Lipinski definition) is 0. The van der Waals surface area contributed by atoms with E-state index in [4.69, 9.17) is 0 Å². The second-order valence-corrected chi connectivity index (χ2v) is 5.41. The van der Waals surface area contributed by atoms with Crippen LogP contribution in [0.2, 0.25) is 0 Å². The van der Waals surface area contributed by atoms with Crippen molar-refractivity contribution >= 4 is 11.3 Å². The van der Waals surface area contributed by atoms with E-state index in [0.29, 0.717) is 12.1 Å². The molecular weight excluding hydrogens is 255 g/mol. The van der Waals surface area contributed by atoms with Crippen LogP contribution in [0.1, 0.15) is 32.2 Å². The van der Waals surface area contributed by atoms with E-state index in [2.05, 4.69) is 15.0 Å². The Morgan fingerprint density at radius 3 is 2.32 bits per heavy atom. The zero-order valence-corrected chi connectivity index (χ0v) is 10.9. The molecule has 0 saturated carbocycles. The summed E-state index contributed by atoms with van der Waals surface area (Å²) in [5.74, 6) is 0. The van der Waals surface area contributed by atoms with Gasteiger partial charge in [-0.05, 0) is 12.1 Å². The third-order valence-corrected chi connectivity index (χ3v) is 2.79. The molecule has 0 spiro atoms. The minimum Gasteiger partial charge on any atom is -0.284 e. The number of alkyl halides is 3. The summed E-state index contributed by atoms with van der Waals surface area (Å²) >= 11 is 0. The molecule has 6 heteroatoms. The highest BCUT2D eigenvalue weighted by molar-refractivity contribution is 6.07. The second kappa shape index (κ2) is 4.43. The fraction of sp³-hybridized carbons (Fsp3) is 0.462. The number of hydrogen-bond acceptors (Lipinski definition) is 3. The average molecular weight is 269 g/mol. The molecule has 2 heterocycles. The molecule has 0 unspecified atom stereocenters. The molecule has 1 aromatic rings. The monoisotopic (exact) mass is 269 g/mol. The Balaban J connectivity index is 2.31. The van der Waals surface area contributed by atoms with Gasteiger partial charge < -0.3 is 0 Å². The summed E-state index contributed by atoms with van der Waals surface area (Å²) < 4.78 is 37.7. The molecule has 0 aromatic carbocycles. The van der Waals surface area contributed by atoms with Gasteiger partial charge in [0.05, 0.1) is 12.2 Å². The molecular formula is C13H14F3N3. The molecule has 102 valence electrons. The third-order valence-electron chi connectivity index (χ3n) is 2.79. The van der Waals surface area contributed by atoms with Crippen LogP contribution in [0.15, 0.2) is 23.5 Å². The molecule has 1 aliphatic heterocycles. The molecule has 19 heavy (non-hydrogen) atoms. The first-order valence-corrected chi connectivity index (χ1v) is 5.83. The van der Waals surface area contributed by atoms with Crippen LogP contribution in [-0.4, -0.2) is 22.2 Å². The van der Waals surface area contributed by atoms with Crippen molar-refractivity contribution in [1.29, 1.82) is 0 Å². The average Bonchev–Trinajstić information content (AvgIpc) is 2.77. The lowest BCUT2D eigenvalue weighted by Crippen LogP contribution is -2.16. The van der Waals surface area contributed by atoms with E-state index < -0.39 is 11.9 Å². The summed E-state index contributed by atoms with van der Waals surface area (Å²) in [5, 5.41) is 0. The van der Waals surface area contributed by atoms with Gasteiger partial charge in [-0.3, -0.25) is 4.99 Å². The molecule has 0 saturated heterocycles. The summed E-state index contributed by atoms with van der Waals surface area (Å²) in [5.41, 5.74) is 0.794. The van der Waals surface area contributed by atoms with Crippen molar-refractivity contribution in [2.24, 2.45) is 10.4 Å². The van der Waals surface area contributed by atoms with Crippen molar-refractivity contribution < 1.29 is 13.2 Å². The van der Waals surface area contributed by atoms with Gasteiger partial charge in [-0.25, -0.2) is 9.97 Å². The normalized spacial score (nSPS) is 16.3. The number of aliphatic imine (C=N–C) groups is 1. The quantitative estimate of drug-likeness (QED) is 0.783. The van der Waals surface area contributed by atoms with Gasteiger partial charge in [-0.2, -0.15) is 13.2 Å². The molecule has 0 atom stereocenters. The molecule has 0 bridgehead atoms. The van der Waals surface area contributed by atoms with Crippen LogP contribution in [0, 0.1) is 5.41 Å². The molecule has 0 amide bonds. The van der Waals surface area contributed by atoms with E-state index in [1.165, 1.54) is 0 Å². The van der Waals surface area contributed by atoms with Crippen molar-refractivity contribution in [2.75, 3.05) is 6.54 Å². The molecule has 1 aliphatic rings. The Morgan fingerprint density at radius 1 is 1.11 bits per heavy atom. The Labute approximate surface area is 109 Å². The van der Waals surface area contributed by atoms with E-state index in [1.54, 1.807) is 0 Å². The molecule has 0 aliphatic carbocycles. The van der Waals surface area contributed by atoms with Crippen LogP contribution in [0.25, 0.3) is 5.57 Å². The van der Waals surface area contributed by atoms with Gasteiger partial charge in [0.15, 0.2) is 0 Å². The third kappa shape index (κ3) is 3.00. The van der Waals surface area contributed by atoms with E-state index in [-0.39, 0.29) is 11.1 Å². The molecule has 0 fully saturated rings. The largest absolute Gasteiger partial charge is 0.433 e. The topological polar surface area (TPSA) is 38.1 Å². The minimum absolute atomic E-state index is 0.123. The highest BCUT2D eigenvalue weighted by atomic mass is 19.4. The fourth-order valence-corrected chi connectivity index (χ4v) is 1.72. The van der Waals surface area contributed by atoms with Crippen molar-refractivity contribution in [1.82, 2.24) is 9.97 Å². The first kappa shape index (κ1) is 13.7. The van der Waals surface area contributed by atoms with Gasteiger partial charge in [0.2, 0.25) is 0 Å². The Bertz CT molecular complexity index is 551. The molecule has 2 rings (SSSR count). The minimum atomic E-state index is -4.45. The number of allylic oxidation sites excluding steroid dienone is 1. The summed E-state index contributed by atoms with van der Waals surface area (Å²) in [6.07, 6.45) is -1.71. The standard InChI is InChI=1S/C13H14F3N3/c1-12(2,3)10-4-8(6-17-10)9-5-11(13(14,15)16)19-7-18-9/h4-5,7H,6H2,1-3H3. The smallest absolute Gasteiger partial charge is 0.284 e. The van der Waals surface area contributed by atoms with Crippen molar-refractivity contribution in [3.05, 3.63) is 29.9 Å². The first-order valence-electron chi connectivity index (χ1n) is 5.83. The number of nitrogens with zero attached hydrogens (tertiary/aromatic N) is 3. The lowest BCUT2D eigenvalue weighted by molar-refractivity contribution is -0.141. The molecule has 0 N–H and O–H groups in total. The van der Waals surface area contributed by atoms with Gasteiger partial charge >= 0.3 is 6.18 Å². The summed E-state index contributed by atoms with van der Waals surface area (Å²) in [7, 11) is 0. The van der Waals surface area contributed by atoms with Crippen molar-refractivity contribution in [2.45, 2.75) is 26.9 Å². The number of aromatic nitrogens is 2. The lowest BCUT2D eigenvalue weighted by Gasteiger charge is -2.16. The molecule has 3 nitrogen and oxygen atoms in total. The van der Waals surface area contributed by atoms with Gasteiger partial charge in [-0.1, -0.05) is 20.8 Å². The van der Waals surface area contributed by atoms with Crippen molar-refractivity contribution in [3.8, 4) is 0 Å². The Morgan fingerprint density at radius 2 is 1.79 bits per heavy atom. The molecule has 0 radical (unpaired) electrons. The molecule has 1 aromatic heterocycles. The van der Waals surface area contributed by atoms with Gasteiger partial charge in [-0.15, -0.1) is 0 Å². The maximum absolute atomic E-state index is 12.6. The first-order chi connectivity index (χ1) is 8.68. The Hall–Kier alpha value is -1.72. The van der Waals surface area contributed by atoms with E-state index in [9.17, 15) is 13.2 Å². The highest BCUT2D eigenvalue weighted by Gasteiger charge is 2.33. The van der Waals surface area contributed by atoms with E-state index >= 15 is 0 Å². The SMILES string of the molecule is CC(C)(C)C1=NCC(c2cc(C(F)(F)F)ncn2)=C1. The van der Waals surface area contributed by atoms with Crippen LogP contribution in [0.3, 0.4) is 0 Å².